The standard InChI is InChI=1S/C17H18ClN3O4S/c1-10-7-13-14(21(3)17(22)20(13)2)9-16(10)26(23,24)19-12-8-11(18)5-6-15(12)25-4/h5-9,19H,1-4H3. The summed E-state index contributed by atoms with van der Waals surface area (Å²) < 4.78 is 36.5. The lowest BCUT2D eigenvalue weighted by molar-refractivity contribution is 0.417. The lowest BCUT2D eigenvalue weighted by Gasteiger charge is -2.14. The van der Waals surface area contributed by atoms with E-state index in [2.05, 4.69) is 4.72 Å². The minimum Gasteiger partial charge on any atom is -0.495 e. The van der Waals surface area contributed by atoms with E-state index in [0.29, 0.717) is 27.4 Å². The van der Waals surface area contributed by atoms with Gasteiger partial charge in [-0.3, -0.25) is 13.9 Å². The second kappa shape index (κ2) is 6.37. The van der Waals surface area contributed by atoms with Gasteiger partial charge in [-0.05, 0) is 42.8 Å². The molecule has 3 rings (SSSR count). The SMILES string of the molecule is COc1ccc(Cl)cc1NS(=O)(=O)c1cc2c(cc1C)n(C)c(=O)n2C. The lowest BCUT2D eigenvalue weighted by atomic mass is 10.2. The van der Waals surface area contributed by atoms with Gasteiger partial charge < -0.3 is 4.74 Å². The van der Waals surface area contributed by atoms with Crippen LogP contribution in [0.3, 0.4) is 0 Å². The molecule has 0 saturated carbocycles. The summed E-state index contributed by atoms with van der Waals surface area (Å²) in [5.41, 5.74) is 1.72. The number of nitrogens with one attached hydrogen (secondary N) is 1. The molecular formula is C17H18ClN3O4S. The summed E-state index contributed by atoms with van der Waals surface area (Å²) in [6, 6.07) is 7.84. The zero-order chi connectivity index (χ0) is 19.2. The minimum absolute atomic E-state index is 0.0771. The van der Waals surface area contributed by atoms with E-state index in [4.69, 9.17) is 16.3 Å². The van der Waals surface area contributed by atoms with E-state index in [1.807, 2.05) is 0 Å². The fraction of sp³-hybridized carbons (Fsp3) is 0.235. The number of hydrogen-bond acceptors (Lipinski definition) is 4. The molecule has 0 amide bonds. The first-order valence-electron chi connectivity index (χ1n) is 7.68. The first-order valence-corrected chi connectivity index (χ1v) is 9.54. The number of halogens is 1. The number of nitrogens with zero attached hydrogens (tertiary/aromatic N) is 2. The Kier molecular flexibility index (Phi) is 4.49. The molecule has 1 aromatic heterocycles. The van der Waals surface area contributed by atoms with Crippen LogP contribution >= 0.6 is 11.6 Å². The van der Waals surface area contributed by atoms with Gasteiger partial charge in [0.2, 0.25) is 0 Å². The van der Waals surface area contributed by atoms with Gasteiger partial charge in [0, 0.05) is 19.1 Å². The number of sulfonamides is 1. The Balaban J connectivity index is 2.16. The molecule has 0 unspecified atom stereocenters. The van der Waals surface area contributed by atoms with Gasteiger partial charge in [0.05, 0.1) is 28.7 Å². The summed E-state index contributed by atoms with van der Waals surface area (Å²) in [6.07, 6.45) is 0. The molecule has 0 aliphatic heterocycles. The molecule has 0 radical (unpaired) electrons. The van der Waals surface area contributed by atoms with Gasteiger partial charge in [0.25, 0.3) is 10.0 Å². The van der Waals surface area contributed by atoms with E-state index in [-0.39, 0.29) is 16.3 Å². The van der Waals surface area contributed by atoms with Crippen LogP contribution in [-0.2, 0) is 24.1 Å². The van der Waals surface area contributed by atoms with Crippen molar-refractivity contribution in [2.24, 2.45) is 14.1 Å². The number of ether oxygens (including phenoxy) is 1. The summed E-state index contributed by atoms with van der Waals surface area (Å²) in [7, 11) is 0.771. The van der Waals surface area contributed by atoms with Gasteiger partial charge in [0.15, 0.2) is 0 Å². The number of hydrogen-bond donors (Lipinski definition) is 1. The van der Waals surface area contributed by atoms with Crippen molar-refractivity contribution < 1.29 is 13.2 Å². The number of imidazole rings is 1. The smallest absolute Gasteiger partial charge is 0.328 e. The highest BCUT2D eigenvalue weighted by Gasteiger charge is 2.22. The molecule has 0 bridgehead atoms. The molecule has 26 heavy (non-hydrogen) atoms. The number of methoxy groups -OCH3 is 1. The van der Waals surface area contributed by atoms with Crippen LogP contribution < -0.4 is 15.1 Å². The summed E-state index contributed by atoms with van der Waals surface area (Å²) in [4.78, 5) is 12.2. The van der Waals surface area contributed by atoms with E-state index in [1.54, 1.807) is 39.2 Å². The topological polar surface area (TPSA) is 82.3 Å². The second-order valence-electron chi connectivity index (χ2n) is 5.96. The summed E-state index contributed by atoms with van der Waals surface area (Å²) in [6.45, 7) is 1.68. The van der Waals surface area contributed by atoms with Crippen molar-refractivity contribution in [3.05, 3.63) is 51.4 Å². The third kappa shape index (κ3) is 2.95. The number of fused-ring (bicyclic) bond motifs is 1. The van der Waals surface area contributed by atoms with Crippen molar-refractivity contribution in [1.29, 1.82) is 0 Å². The summed E-state index contributed by atoms with van der Waals surface area (Å²) in [5.74, 6) is 0.351. The van der Waals surface area contributed by atoms with Crippen molar-refractivity contribution in [2.75, 3.05) is 11.8 Å². The van der Waals surface area contributed by atoms with E-state index in [9.17, 15) is 13.2 Å². The Morgan fingerprint density at radius 3 is 2.31 bits per heavy atom. The fourth-order valence-electron chi connectivity index (χ4n) is 2.88. The Bertz CT molecular complexity index is 1180. The van der Waals surface area contributed by atoms with Crippen LogP contribution in [-0.4, -0.2) is 24.7 Å². The summed E-state index contributed by atoms with van der Waals surface area (Å²) in [5, 5.41) is 0.376. The van der Waals surface area contributed by atoms with E-state index in [1.165, 1.54) is 28.4 Å². The van der Waals surface area contributed by atoms with Gasteiger partial charge in [-0.15, -0.1) is 0 Å². The number of anilines is 1. The summed E-state index contributed by atoms with van der Waals surface area (Å²) >= 11 is 5.97. The molecule has 0 aliphatic rings. The van der Waals surface area contributed by atoms with Gasteiger partial charge >= 0.3 is 5.69 Å². The minimum atomic E-state index is -3.92. The van der Waals surface area contributed by atoms with Crippen LogP contribution in [0.1, 0.15) is 5.56 Å². The third-order valence-electron chi connectivity index (χ3n) is 4.26. The largest absolute Gasteiger partial charge is 0.495 e. The third-order valence-corrected chi connectivity index (χ3v) is 6.01. The van der Waals surface area contributed by atoms with E-state index in [0.717, 1.165) is 0 Å². The molecule has 138 valence electrons. The highest BCUT2D eigenvalue weighted by atomic mass is 35.5. The van der Waals surface area contributed by atoms with Crippen molar-refractivity contribution in [3.8, 4) is 5.75 Å². The Morgan fingerprint density at radius 1 is 1.08 bits per heavy atom. The molecule has 7 nitrogen and oxygen atoms in total. The average molecular weight is 396 g/mol. The zero-order valence-electron chi connectivity index (χ0n) is 14.7. The molecule has 9 heteroatoms. The molecule has 0 atom stereocenters. The van der Waals surface area contributed by atoms with Gasteiger partial charge in [-0.1, -0.05) is 11.6 Å². The maximum absolute atomic E-state index is 12.9. The van der Waals surface area contributed by atoms with Crippen LogP contribution in [0.25, 0.3) is 11.0 Å². The predicted molar refractivity (Wildman–Crippen MR) is 102 cm³/mol. The molecule has 0 saturated heterocycles. The highest BCUT2D eigenvalue weighted by molar-refractivity contribution is 7.92. The molecule has 3 aromatic rings. The average Bonchev–Trinajstić information content (AvgIpc) is 2.78. The quantitative estimate of drug-likeness (QED) is 0.736. The van der Waals surface area contributed by atoms with E-state index >= 15 is 0 Å². The second-order valence-corrected chi connectivity index (χ2v) is 8.04. The number of aryl methyl sites for hydroxylation is 3. The first kappa shape index (κ1) is 18.3. The van der Waals surface area contributed by atoms with Crippen LogP contribution in [0.4, 0.5) is 5.69 Å². The molecule has 0 spiro atoms. The maximum Gasteiger partial charge on any atom is 0.328 e. The van der Waals surface area contributed by atoms with E-state index < -0.39 is 10.0 Å². The normalized spacial score (nSPS) is 11.7. The number of rotatable bonds is 4. The number of aromatic nitrogens is 2. The van der Waals surface area contributed by atoms with Crippen LogP contribution in [0.15, 0.2) is 40.0 Å². The Labute approximate surface area is 155 Å². The molecule has 0 aliphatic carbocycles. The highest BCUT2D eigenvalue weighted by Crippen LogP contribution is 2.31. The van der Waals surface area contributed by atoms with Crippen LogP contribution in [0, 0.1) is 6.92 Å². The van der Waals surface area contributed by atoms with Crippen molar-refractivity contribution >= 4 is 38.3 Å². The van der Waals surface area contributed by atoms with Crippen LogP contribution in [0.5, 0.6) is 5.75 Å². The molecule has 1 N–H and O–H groups in total. The van der Waals surface area contributed by atoms with Gasteiger partial charge in [-0.25, -0.2) is 13.2 Å². The van der Waals surface area contributed by atoms with Gasteiger partial charge in [0.1, 0.15) is 5.75 Å². The van der Waals surface area contributed by atoms with Gasteiger partial charge in [-0.2, -0.15) is 0 Å². The van der Waals surface area contributed by atoms with Crippen LogP contribution in [0.2, 0.25) is 5.02 Å². The molecule has 2 aromatic carbocycles. The van der Waals surface area contributed by atoms with Crippen molar-refractivity contribution in [2.45, 2.75) is 11.8 Å². The first-order chi connectivity index (χ1) is 12.2. The number of benzene rings is 2. The fourth-order valence-corrected chi connectivity index (χ4v) is 4.36. The van der Waals surface area contributed by atoms with Crippen molar-refractivity contribution in [1.82, 2.24) is 9.13 Å². The molecule has 1 heterocycles. The van der Waals surface area contributed by atoms with Crippen molar-refractivity contribution in [3.63, 3.8) is 0 Å². The molecule has 0 fully saturated rings. The lowest BCUT2D eigenvalue weighted by Crippen LogP contribution is -2.19. The zero-order valence-corrected chi connectivity index (χ0v) is 16.3. The monoisotopic (exact) mass is 395 g/mol. The maximum atomic E-state index is 12.9. The Hall–Kier alpha value is -2.45. The predicted octanol–water partition coefficient (Wildman–Crippen LogP) is 2.65. The Morgan fingerprint density at radius 2 is 1.69 bits per heavy atom. The molecular weight excluding hydrogens is 378 g/mol.